The van der Waals surface area contributed by atoms with Crippen LogP contribution in [-0.4, -0.2) is 12.9 Å². The van der Waals surface area contributed by atoms with Crippen LogP contribution in [0.1, 0.15) is 22.8 Å². The second kappa shape index (κ2) is 4.09. The average molecular weight is 290 g/mol. The Morgan fingerprint density at radius 1 is 1.46 bits per heavy atom. The summed E-state index contributed by atoms with van der Waals surface area (Å²) in [5, 5.41) is 0. The molecule has 0 aliphatic rings. The minimum atomic E-state index is 0.0754. The number of ether oxygens (including phenoxy) is 1. The second-order valence-corrected chi connectivity index (χ2v) is 3.94. The minimum absolute atomic E-state index is 0.0754. The molecule has 0 heterocycles. The van der Waals surface area contributed by atoms with Gasteiger partial charge < -0.3 is 4.74 Å². The van der Waals surface area contributed by atoms with E-state index < -0.39 is 0 Å². The van der Waals surface area contributed by atoms with Gasteiger partial charge in [-0.05, 0) is 54.1 Å². The van der Waals surface area contributed by atoms with Crippen molar-refractivity contribution in [2.24, 2.45) is 0 Å². The zero-order valence-electron chi connectivity index (χ0n) is 7.85. The Balaban J connectivity index is 3.33. The smallest absolute Gasteiger partial charge is 0.161 e. The molecule has 13 heavy (non-hydrogen) atoms. The maximum absolute atomic E-state index is 11.2. The van der Waals surface area contributed by atoms with E-state index in [4.69, 9.17) is 4.74 Å². The van der Waals surface area contributed by atoms with Gasteiger partial charge in [0.2, 0.25) is 0 Å². The molecule has 0 N–H and O–H groups in total. The predicted octanol–water partition coefficient (Wildman–Crippen LogP) is 2.81. The van der Waals surface area contributed by atoms with Crippen LogP contribution >= 0.6 is 22.6 Å². The fourth-order valence-electron chi connectivity index (χ4n) is 1.11. The van der Waals surface area contributed by atoms with Crippen molar-refractivity contribution in [1.82, 2.24) is 0 Å². The van der Waals surface area contributed by atoms with Gasteiger partial charge >= 0.3 is 0 Å². The van der Waals surface area contributed by atoms with Crippen molar-refractivity contribution in [3.05, 3.63) is 26.8 Å². The van der Waals surface area contributed by atoms with Crippen LogP contribution in [0.3, 0.4) is 0 Å². The predicted molar refractivity (Wildman–Crippen MR) is 60.5 cm³/mol. The Bertz CT molecular complexity index is 345. The van der Waals surface area contributed by atoms with Gasteiger partial charge in [-0.15, -0.1) is 0 Å². The van der Waals surface area contributed by atoms with Crippen molar-refractivity contribution in [3.63, 3.8) is 0 Å². The summed E-state index contributed by atoms with van der Waals surface area (Å²) in [5.74, 6) is 0.814. The Morgan fingerprint density at radius 3 is 2.54 bits per heavy atom. The highest BCUT2D eigenvalue weighted by Crippen LogP contribution is 2.23. The molecule has 0 aliphatic heterocycles. The van der Waals surface area contributed by atoms with Gasteiger partial charge in [0.1, 0.15) is 5.75 Å². The highest BCUT2D eigenvalue weighted by molar-refractivity contribution is 14.1. The SMILES string of the molecule is COc1cc(C)c(I)c(C(C)=O)c1. The highest BCUT2D eigenvalue weighted by Gasteiger charge is 2.09. The number of Topliss-reactive ketones (excluding diaryl/α,β-unsaturated/α-hetero) is 1. The topological polar surface area (TPSA) is 26.3 Å². The minimum Gasteiger partial charge on any atom is -0.497 e. The zero-order chi connectivity index (χ0) is 10.0. The highest BCUT2D eigenvalue weighted by atomic mass is 127. The lowest BCUT2D eigenvalue weighted by molar-refractivity contribution is 0.101. The van der Waals surface area contributed by atoms with E-state index in [1.807, 2.05) is 13.0 Å². The zero-order valence-corrected chi connectivity index (χ0v) is 10.0. The van der Waals surface area contributed by atoms with Gasteiger partial charge in [-0.2, -0.15) is 0 Å². The lowest BCUT2D eigenvalue weighted by Gasteiger charge is -2.07. The van der Waals surface area contributed by atoms with Crippen LogP contribution in [0.25, 0.3) is 0 Å². The van der Waals surface area contributed by atoms with E-state index in [9.17, 15) is 4.79 Å². The van der Waals surface area contributed by atoms with Crippen LogP contribution in [-0.2, 0) is 0 Å². The van der Waals surface area contributed by atoms with Crippen molar-refractivity contribution in [1.29, 1.82) is 0 Å². The number of benzene rings is 1. The fourth-order valence-corrected chi connectivity index (χ4v) is 1.80. The maximum atomic E-state index is 11.2. The lowest BCUT2D eigenvalue weighted by atomic mass is 10.1. The first-order valence-corrected chi connectivity index (χ1v) is 4.99. The first-order chi connectivity index (χ1) is 6.06. The Kier molecular flexibility index (Phi) is 3.30. The van der Waals surface area contributed by atoms with Crippen molar-refractivity contribution in [2.45, 2.75) is 13.8 Å². The van der Waals surface area contributed by atoms with E-state index in [0.29, 0.717) is 0 Å². The number of hydrogen-bond acceptors (Lipinski definition) is 2. The molecular formula is C10H11IO2. The van der Waals surface area contributed by atoms with Crippen LogP contribution in [0.2, 0.25) is 0 Å². The largest absolute Gasteiger partial charge is 0.497 e. The van der Waals surface area contributed by atoms with Gasteiger partial charge in [-0.25, -0.2) is 0 Å². The third kappa shape index (κ3) is 2.21. The molecule has 1 aromatic rings. The summed E-state index contributed by atoms with van der Waals surface area (Å²) in [5.41, 5.74) is 1.81. The Labute approximate surface area is 91.4 Å². The molecule has 0 aliphatic carbocycles. The number of rotatable bonds is 2. The fraction of sp³-hybridized carbons (Fsp3) is 0.300. The van der Waals surface area contributed by atoms with Crippen molar-refractivity contribution < 1.29 is 9.53 Å². The quantitative estimate of drug-likeness (QED) is 0.618. The van der Waals surface area contributed by atoms with Crippen LogP contribution < -0.4 is 4.74 Å². The number of hydrogen-bond donors (Lipinski definition) is 0. The molecule has 3 heteroatoms. The lowest BCUT2D eigenvalue weighted by Crippen LogP contribution is -1.99. The molecule has 0 radical (unpaired) electrons. The number of methoxy groups -OCH3 is 1. The van der Waals surface area contributed by atoms with E-state index in [0.717, 1.165) is 20.4 Å². The Hall–Kier alpha value is -0.580. The summed E-state index contributed by atoms with van der Waals surface area (Å²) < 4.78 is 6.09. The maximum Gasteiger partial charge on any atom is 0.161 e. The summed E-state index contributed by atoms with van der Waals surface area (Å²) in [7, 11) is 1.60. The molecule has 0 amide bonds. The Morgan fingerprint density at radius 2 is 2.08 bits per heavy atom. The third-order valence-electron chi connectivity index (χ3n) is 1.84. The number of ketones is 1. The number of halogens is 1. The number of carbonyl (C=O) groups excluding carboxylic acids is 1. The monoisotopic (exact) mass is 290 g/mol. The molecule has 1 aromatic carbocycles. The summed E-state index contributed by atoms with van der Waals surface area (Å²) in [6.45, 7) is 3.53. The molecule has 0 fully saturated rings. The molecule has 0 aromatic heterocycles. The van der Waals surface area contributed by atoms with E-state index >= 15 is 0 Å². The molecule has 0 atom stereocenters. The van der Waals surface area contributed by atoms with Crippen molar-refractivity contribution in [2.75, 3.05) is 7.11 Å². The van der Waals surface area contributed by atoms with Crippen molar-refractivity contribution >= 4 is 28.4 Å². The van der Waals surface area contributed by atoms with E-state index in [-0.39, 0.29) is 5.78 Å². The molecule has 70 valence electrons. The summed E-state index contributed by atoms with van der Waals surface area (Å²) in [6.07, 6.45) is 0. The van der Waals surface area contributed by atoms with E-state index in [1.165, 1.54) is 0 Å². The van der Waals surface area contributed by atoms with Crippen LogP contribution in [0.15, 0.2) is 12.1 Å². The normalized spacial score (nSPS) is 9.85. The van der Waals surface area contributed by atoms with Gasteiger partial charge in [0, 0.05) is 9.13 Å². The molecule has 0 bridgehead atoms. The average Bonchev–Trinajstić information content (AvgIpc) is 2.09. The molecule has 0 unspecified atom stereocenters. The van der Waals surface area contributed by atoms with E-state index in [1.54, 1.807) is 20.1 Å². The van der Waals surface area contributed by atoms with Gasteiger partial charge in [0.05, 0.1) is 7.11 Å². The molecule has 0 spiro atoms. The van der Waals surface area contributed by atoms with Crippen LogP contribution in [0.5, 0.6) is 5.75 Å². The van der Waals surface area contributed by atoms with Gasteiger partial charge in [-0.3, -0.25) is 4.79 Å². The van der Waals surface area contributed by atoms with Gasteiger partial charge in [0.15, 0.2) is 5.78 Å². The van der Waals surface area contributed by atoms with Crippen LogP contribution in [0, 0.1) is 10.5 Å². The number of aryl methyl sites for hydroxylation is 1. The first kappa shape index (κ1) is 10.5. The van der Waals surface area contributed by atoms with Crippen LogP contribution in [0.4, 0.5) is 0 Å². The summed E-state index contributed by atoms with van der Waals surface area (Å²) in [6, 6.07) is 3.70. The second-order valence-electron chi connectivity index (χ2n) is 2.86. The third-order valence-corrected chi connectivity index (χ3v) is 3.27. The molecule has 0 saturated heterocycles. The molecule has 2 nitrogen and oxygen atoms in total. The summed E-state index contributed by atoms with van der Waals surface area (Å²) in [4.78, 5) is 11.2. The van der Waals surface area contributed by atoms with E-state index in [2.05, 4.69) is 22.6 Å². The first-order valence-electron chi connectivity index (χ1n) is 3.91. The number of carbonyl (C=O) groups is 1. The standard InChI is InChI=1S/C10H11IO2/c1-6-4-8(13-3)5-9(7(2)12)10(6)11/h4-5H,1-3H3. The van der Waals surface area contributed by atoms with Gasteiger partial charge in [0.25, 0.3) is 0 Å². The molecule has 0 saturated carbocycles. The molecule has 1 rings (SSSR count). The summed E-state index contributed by atoms with van der Waals surface area (Å²) >= 11 is 2.18. The molecular weight excluding hydrogens is 279 g/mol. The van der Waals surface area contributed by atoms with Crippen molar-refractivity contribution in [3.8, 4) is 5.75 Å². The van der Waals surface area contributed by atoms with Gasteiger partial charge in [-0.1, -0.05) is 0 Å².